The van der Waals surface area contributed by atoms with Crippen molar-refractivity contribution in [3.05, 3.63) is 90.2 Å². The Morgan fingerprint density at radius 1 is 0.939 bits per heavy atom. The fourth-order valence-corrected chi connectivity index (χ4v) is 3.47. The van der Waals surface area contributed by atoms with E-state index in [4.69, 9.17) is 21.4 Å². The Balaban J connectivity index is 1.35. The third-order valence-corrected chi connectivity index (χ3v) is 5.15. The molecule has 0 aliphatic carbocycles. The van der Waals surface area contributed by atoms with Crippen molar-refractivity contribution < 1.29 is 9.53 Å². The van der Waals surface area contributed by atoms with Crippen LogP contribution in [0, 0.1) is 0 Å². The van der Waals surface area contributed by atoms with Crippen molar-refractivity contribution in [2.24, 2.45) is 0 Å². The first-order valence-electron chi connectivity index (χ1n) is 10.1. The SMILES string of the molecule is O=C(COc1ccccc1Cl)Nc1cccc(-c2ccc3nnc(-c4ccncc4)n3n2)c1. The molecule has 0 fully saturated rings. The highest BCUT2D eigenvalue weighted by Gasteiger charge is 2.12. The molecule has 0 atom stereocenters. The number of nitrogens with one attached hydrogen (secondary N) is 1. The summed E-state index contributed by atoms with van der Waals surface area (Å²) in [6.07, 6.45) is 3.39. The number of anilines is 1. The predicted molar refractivity (Wildman–Crippen MR) is 125 cm³/mol. The van der Waals surface area contributed by atoms with Gasteiger partial charge in [0.1, 0.15) is 5.75 Å². The van der Waals surface area contributed by atoms with E-state index in [-0.39, 0.29) is 12.5 Å². The lowest BCUT2D eigenvalue weighted by molar-refractivity contribution is -0.118. The normalized spacial score (nSPS) is 10.8. The van der Waals surface area contributed by atoms with E-state index < -0.39 is 0 Å². The predicted octanol–water partition coefficient (Wildman–Crippen LogP) is 4.52. The van der Waals surface area contributed by atoms with E-state index in [1.165, 1.54) is 0 Å². The van der Waals surface area contributed by atoms with Gasteiger partial charge in [0.05, 0.1) is 10.7 Å². The van der Waals surface area contributed by atoms with E-state index in [0.29, 0.717) is 33.6 Å². The van der Waals surface area contributed by atoms with Gasteiger partial charge in [-0.2, -0.15) is 9.61 Å². The van der Waals surface area contributed by atoms with Crippen LogP contribution < -0.4 is 10.1 Å². The molecule has 0 aliphatic heterocycles. The number of carbonyl (C=O) groups is 1. The standard InChI is InChI=1S/C24H17ClN6O2/c25-19-6-1-2-7-21(19)33-15-23(32)27-18-5-3-4-17(14-18)20-8-9-22-28-29-24(31(22)30-20)16-10-12-26-13-11-16/h1-14H,15H2,(H,27,32). The first-order valence-corrected chi connectivity index (χ1v) is 10.5. The topological polar surface area (TPSA) is 94.3 Å². The maximum atomic E-state index is 12.4. The number of halogens is 1. The Kier molecular flexibility index (Phi) is 5.65. The zero-order chi connectivity index (χ0) is 22.6. The first kappa shape index (κ1) is 20.6. The number of benzene rings is 2. The minimum atomic E-state index is -0.297. The van der Waals surface area contributed by atoms with Gasteiger partial charge < -0.3 is 10.1 Å². The number of pyridine rings is 1. The quantitative estimate of drug-likeness (QED) is 0.403. The number of nitrogens with zero attached hydrogens (tertiary/aromatic N) is 5. The fraction of sp³-hybridized carbons (Fsp3) is 0.0417. The third-order valence-electron chi connectivity index (χ3n) is 4.84. The molecule has 5 rings (SSSR count). The molecule has 1 amide bonds. The molecule has 8 nitrogen and oxygen atoms in total. The smallest absolute Gasteiger partial charge is 0.262 e. The molecule has 0 aliphatic rings. The molecule has 0 saturated carbocycles. The van der Waals surface area contributed by atoms with Crippen LogP contribution in [0.15, 0.2) is 85.2 Å². The summed E-state index contributed by atoms with van der Waals surface area (Å²) < 4.78 is 7.19. The van der Waals surface area contributed by atoms with Gasteiger partial charge in [-0.3, -0.25) is 9.78 Å². The van der Waals surface area contributed by atoms with Gasteiger partial charge in [0.2, 0.25) is 0 Å². The van der Waals surface area contributed by atoms with E-state index in [0.717, 1.165) is 11.1 Å². The van der Waals surface area contributed by atoms with Crippen LogP contribution in [0.3, 0.4) is 0 Å². The van der Waals surface area contributed by atoms with Gasteiger partial charge in [-0.05, 0) is 48.5 Å². The van der Waals surface area contributed by atoms with E-state index in [1.54, 1.807) is 47.2 Å². The molecular formula is C24H17ClN6O2. The number of hydrogen-bond acceptors (Lipinski definition) is 6. The van der Waals surface area contributed by atoms with Crippen LogP contribution in [0.5, 0.6) is 5.75 Å². The summed E-state index contributed by atoms with van der Waals surface area (Å²) in [6, 6.07) is 21.8. The number of amides is 1. The maximum absolute atomic E-state index is 12.4. The zero-order valence-electron chi connectivity index (χ0n) is 17.2. The minimum Gasteiger partial charge on any atom is -0.482 e. The number of rotatable bonds is 6. The molecule has 0 unspecified atom stereocenters. The number of ether oxygens (including phenoxy) is 1. The number of hydrogen-bond donors (Lipinski definition) is 1. The van der Waals surface area contributed by atoms with Gasteiger partial charge in [0, 0.05) is 29.2 Å². The van der Waals surface area contributed by atoms with Crippen molar-refractivity contribution >= 4 is 28.8 Å². The number of fused-ring (bicyclic) bond motifs is 1. The maximum Gasteiger partial charge on any atom is 0.262 e. The first-order chi connectivity index (χ1) is 16.2. The van der Waals surface area contributed by atoms with E-state index in [2.05, 4.69) is 20.5 Å². The summed E-state index contributed by atoms with van der Waals surface area (Å²) in [4.78, 5) is 16.4. The Hall–Kier alpha value is -4.30. The second kappa shape index (κ2) is 9.05. The Labute approximate surface area is 193 Å². The van der Waals surface area contributed by atoms with Crippen molar-refractivity contribution in [3.63, 3.8) is 0 Å². The third kappa shape index (κ3) is 4.51. The van der Waals surface area contributed by atoms with Crippen LogP contribution in [-0.4, -0.2) is 37.3 Å². The highest BCUT2D eigenvalue weighted by atomic mass is 35.5. The fourth-order valence-electron chi connectivity index (χ4n) is 3.28. The van der Waals surface area contributed by atoms with Gasteiger partial charge in [-0.1, -0.05) is 35.9 Å². The molecule has 0 radical (unpaired) electrons. The van der Waals surface area contributed by atoms with Crippen molar-refractivity contribution in [2.75, 3.05) is 11.9 Å². The average Bonchev–Trinajstić information content (AvgIpc) is 3.28. The van der Waals surface area contributed by atoms with Crippen LogP contribution in [0.25, 0.3) is 28.3 Å². The summed E-state index contributed by atoms with van der Waals surface area (Å²) in [5, 5.41) is 16.4. The van der Waals surface area contributed by atoms with Crippen molar-refractivity contribution in [1.82, 2.24) is 24.8 Å². The van der Waals surface area contributed by atoms with Crippen LogP contribution >= 0.6 is 11.6 Å². The monoisotopic (exact) mass is 456 g/mol. The Bertz CT molecular complexity index is 1440. The molecular weight excluding hydrogens is 440 g/mol. The molecule has 0 bridgehead atoms. The summed E-state index contributed by atoms with van der Waals surface area (Å²) in [5.41, 5.74) is 3.66. The molecule has 162 valence electrons. The van der Waals surface area contributed by atoms with Crippen LogP contribution in [0.2, 0.25) is 5.02 Å². The van der Waals surface area contributed by atoms with Crippen LogP contribution in [-0.2, 0) is 4.79 Å². The van der Waals surface area contributed by atoms with E-state index in [9.17, 15) is 4.79 Å². The van der Waals surface area contributed by atoms with Crippen molar-refractivity contribution in [2.45, 2.75) is 0 Å². The van der Waals surface area contributed by atoms with Crippen molar-refractivity contribution in [1.29, 1.82) is 0 Å². The van der Waals surface area contributed by atoms with E-state index >= 15 is 0 Å². The average molecular weight is 457 g/mol. The van der Waals surface area contributed by atoms with Crippen molar-refractivity contribution in [3.8, 4) is 28.4 Å². The Morgan fingerprint density at radius 2 is 1.79 bits per heavy atom. The molecule has 1 N–H and O–H groups in total. The molecule has 0 spiro atoms. The lowest BCUT2D eigenvalue weighted by Gasteiger charge is -2.10. The molecule has 33 heavy (non-hydrogen) atoms. The second-order valence-corrected chi connectivity index (χ2v) is 7.50. The molecule has 2 aromatic carbocycles. The number of carbonyl (C=O) groups excluding carboxylic acids is 1. The lowest BCUT2D eigenvalue weighted by Crippen LogP contribution is -2.20. The van der Waals surface area contributed by atoms with Crippen LogP contribution in [0.1, 0.15) is 0 Å². The molecule has 5 aromatic rings. The van der Waals surface area contributed by atoms with E-state index in [1.807, 2.05) is 42.5 Å². The van der Waals surface area contributed by atoms with Gasteiger partial charge in [-0.15, -0.1) is 10.2 Å². The lowest BCUT2D eigenvalue weighted by atomic mass is 10.1. The van der Waals surface area contributed by atoms with Crippen LogP contribution in [0.4, 0.5) is 5.69 Å². The molecule has 3 aromatic heterocycles. The van der Waals surface area contributed by atoms with Gasteiger partial charge in [0.15, 0.2) is 18.1 Å². The highest BCUT2D eigenvalue weighted by Crippen LogP contribution is 2.24. The number of aromatic nitrogens is 5. The number of para-hydroxylation sites is 1. The molecule has 3 heterocycles. The van der Waals surface area contributed by atoms with Gasteiger partial charge >= 0.3 is 0 Å². The summed E-state index contributed by atoms with van der Waals surface area (Å²) in [5.74, 6) is 0.782. The Morgan fingerprint density at radius 3 is 2.64 bits per heavy atom. The largest absolute Gasteiger partial charge is 0.482 e. The minimum absolute atomic E-state index is 0.159. The summed E-state index contributed by atoms with van der Waals surface area (Å²) >= 11 is 6.06. The van der Waals surface area contributed by atoms with Gasteiger partial charge in [-0.25, -0.2) is 0 Å². The summed E-state index contributed by atoms with van der Waals surface area (Å²) in [6.45, 7) is -0.159. The molecule has 9 heteroatoms. The molecule has 0 saturated heterocycles. The zero-order valence-corrected chi connectivity index (χ0v) is 18.0. The second-order valence-electron chi connectivity index (χ2n) is 7.10. The van der Waals surface area contributed by atoms with Gasteiger partial charge in [0.25, 0.3) is 5.91 Å². The highest BCUT2D eigenvalue weighted by molar-refractivity contribution is 6.32. The summed E-state index contributed by atoms with van der Waals surface area (Å²) in [7, 11) is 0.